The second-order valence-corrected chi connectivity index (χ2v) is 17.3. The summed E-state index contributed by atoms with van der Waals surface area (Å²) in [5.74, 6) is 7.14. The van der Waals surface area contributed by atoms with E-state index in [2.05, 4.69) is 45.2 Å². The van der Waals surface area contributed by atoms with E-state index in [9.17, 15) is 14.4 Å². The molecule has 9 aliphatic carbocycles. The normalized spacial score (nSPS) is 41.5. The minimum atomic E-state index is -0.394. The van der Waals surface area contributed by atoms with Crippen LogP contribution >= 0.6 is 0 Å². The first-order valence-electron chi connectivity index (χ1n) is 18.7. The molecule has 6 heteroatoms. The van der Waals surface area contributed by atoms with Crippen molar-refractivity contribution in [1.29, 1.82) is 0 Å². The van der Waals surface area contributed by atoms with Gasteiger partial charge in [-0.1, -0.05) is 46.9 Å². The van der Waals surface area contributed by atoms with Gasteiger partial charge < -0.3 is 14.2 Å². The van der Waals surface area contributed by atoms with E-state index in [0.717, 1.165) is 49.5 Å². The molecule has 47 heavy (non-hydrogen) atoms. The predicted molar refractivity (Wildman–Crippen MR) is 185 cm³/mol. The topological polar surface area (TPSA) is 78.9 Å². The average Bonchev–Trinajstić information content (AvgIpc) is 3.83. The summed E-state index contributed by atoms with van der Waals surface area (Å²) in [6.45, 7) is 18.9. The minimum absolute atomic E-state index is 0.0942. The van der Waals surface area contributed by atoms with Crippen LogP contribution in [0.3, 0.4) is 0 Å². The Morgan fingerprint density at radius 1 is 0.745 bits per heavy atom. The maximum atomic E-state index is 11.7. The van der Waals surface area contributed by atoms with Crippen molar-refractivity contribution in [1.82, 2.24) is 0 Å². The van der Waals surface area contributed by atoms with Crippen LogP contribution in [0.4, 0.5) is 0 Å². The van der Waals surface area contributed by atoms with Gasteiger partial charge in [0.25, 0.3) is 0 Å². The quantitative estimate of drug-likeness (QED) is 0.168. The average molecular weight is 651 g/mol. The molecule has 9 saturated carbocycles. The summed E-state index contributed by atoms with van der Waals surface area (Å²) >= 11 is 0. The Labute approximate surface area is 284 Å². The monoisotopic (exact) mass is 650 g/mol. The summed E-state index contributed by atoms with van der Waals surface area (Å²) in [4.78, 5) is 32.8. The molecule has 0 aliphatic heterocycles. The molecule has 9 aliphatic rings. The lowest BCUT2D eigenvalue weighted by Gasteiger charge is -2.55. The van der Waals surface area contributed by atoms with Crippen molar-refractivity contribution in [2.24, 2.45) is 58.2 Å². The maximum Gasteiger partial charge on any atom is 0.333 e. The zero-order valence-corrected chi connectivity index (χ0v) is 30.0. The van der Waals surface area contributed by atoms with Gasteiger partial charge in [0, 0.05) is 23.1 Å². The molecule has 7 unspecified atom stereocenters. The van der Waals surface area contributed by atoms with E-state index in [1.807, 2.05) is 0 Å². The predicted octanol–water partition coefficient (Wildman–Crippen LogP) is 9.18. The van der Waals surface area contributed by atoms with E-state index in [1.165, 1.54) is 69.0 Å². The molecule has 9 rings (SSSR count). The molecule has 8 bridgehead atoms. The van der Waals surface area contributed by atoms with Crippen molar-refractivity contribution in [2.75, 3.05) is 7.11 Å². The van der Waals surface area contributed by atoms with Gasteiger partial charge >= 0.3 is 17.9 Å². The third-order valence-electron chi connectivity index (χ3n) is 14.5. The third kappa shape index (κ3) is 7.32. The summed E-state index contributed by atoms with van der Waals surface area (Å²) in [7, 11) is 1.31. The van der Waals surface area contributed by atoms with Gasteiger partial charge in [0.05, 0.1) is 7.11 Å². The van der Waals surface area contributed by atoms with Crippen LogP contribution in [0, 0.1) is 58.2 Å². The number of hydrogen-bond acceptors (Lipinski definition) is 6. The fourth-order valence-electron chi connectivity index (χ4n) is 12.0. The maximum absolute atomic E-state index is 11.7. The smallest absolute Gasteiger partial charge is 0.333 e. The van der Waals surface area contributed by atoms with Crippen LogP contribution in [-0.2, 0) is 28.6 Å². The number of carbonyl (C=O) groups excluding carboxylic acids is 3. The van der Waals surface area contributed by atoms with Crippen LogP contribution in [0.15, 0.2) is 37.5 Å². The number of hydrogen-bond donors (Lipinski definition) is 0. The molecule has 0 aromatic heterocycles. The first-order valence-corrected chi connectivity index (χ1v) is 18.7. The lowest BCUT2D eigenvalue weighted by Crippen LogP contribution is -2.52. The van der Waals surface area contributed by atoms with E-state index in [4.69, 9.17) is 9.47 Å². The van der Waals surface area contributed by atoms with Crippen molar-refractivity contribution in [3.8, 4) is 0 Å². The van der Waals surface area contributed by atoms with E-state index in [1.54, 1.807) is 45.4 Å². The van der Waals surface area contributed by atoms with Gasteiger partial charge in [0.1, 0.15) is 11.7 Å². The Morgan fingerprint density at radius 3 is 1.66 bits per heavy atom. The molecule has 9 fully saturated rings. The highest BCUT2D eigenvalue weighted by atomic mass is 16.6. The molecule has 0 heterocycles. The summed E-state index contributed by atoms with van der Waals surface area (Å²) in [5, 5.41) is 0. The first kappa shape index (κ1) is 35.9. The van der Waals surface area contributed by atoms with Crippen molar-refractivity contribution in [3.05, 3.63) is 37.5 Å². The Balaban J connectivity index is 0.000000130. The lowest BCUT2D eigenvalue weighted by molar-refractivity contribution is -0.182. The molecule has 0 N–H and O–H groups in total. The second kappa shape index (κ2) is 14.2. The number of fused-ring (bicyclic) bond motifs is 7. The van der Waals surface area contributed by atoms with Crippen LogP contribution in [0.5, 0.6) is 0 Å². The Morgan fingerprint density at radius 2 is 1.28 bits per heavy atom. The minimum Gasteiger partial charge on any atom is -0.466 e. The second-order valence-electron chi connectivity index (χ2n) is 17.3. The van der Waals surface area contributed by atoms with E-state index in [-0.39, 0.29) is 29.1 Å². The van der Waals surface area contributed by atoms with Crippen LogP contribution in [0.1, 0.15) is 124 Å². The number of esters is 3. The van der Waals surface area contributed by atoms with Crippen molar-refractivity contribution in [3.63, 3.8) is 0 Å². The van der Waals surface area contributed by atoms with Gasteiger partial charge in [0.15, 0.2) is 0 Å². The van der Waals surface area contributed by atoms with Gasteiger partial charge in [-0.15, -0.1) is 0 Å². The lowest BCUT2D eigenvalue weighted by atomic mass is 9.54. The van der Waals surface area contributed by atoms with Crippen LogP contribution in [-0.4, -0.2) is 36.7 Å². The number of rotatable bonds is 5. The van der Waals surface area contributed by atoms with Crippen LogP contribution in [0.2, 0.25) is 0 Å². The molecular formula is C41H62O6. The van der Waals surface area contributed by atoms with Gasteiger partial charge in [-0.05, 0) is 150 Å². The summed E-state index contributed by atoms with van der Waals surface area (Å²) in [6.07, 6.45) is 23.0. The fraction of sp³-hybridized carbons (Fsp3) is 0.780. The highest BCUT2D eigenvalue weighted by Crippen LogP contribution is 2.66. The Bertz CT molecular complexity index is 1160. The molecule has 7 atom stereocenters. The highest BCUT2D eigenvalue weighted by molar-refractivity contribution is 5.87. The SMILES string of the molecule is C1CC2C3CCC(C3)C2C1.C=C(C)C(=O)OC12CC3CC(CC(C3)C1)C2.C=CC(=O)OC.C=CC(=O)OC1CC2CCC1(C)C2(C)C. The zero-order chi connectivity index (χ0) is 34.1. The zero-order valence-electron chi connectivity index (χ0n) is 30.0. The summed E-state index contributed by atoms with van der Waals surface area (Å²) in [6, 6.07) is 0. The Kier molecular flexibility index (Phi) is 10.9. The van der Waals surface area contributed by atoms with Crippen molar-refractivity contribution in [2.45, 2.75) is 136 Å². The van der Waals surface area contributed by atoms with Crippen LogP contribution in [0.25, 0.3) is 0 Å². The van der Waals surface area contributed by atoms with Crippen molar-refractivity contribution < 1.29 is 28.6 Å². The van der Waals surface area contributed by atoms with Crippen LogP contribution < -0.4 is 0 Å². The molecule has 0 saturated heterocycles. The largest absolute Gasteiger partial charge is 0.466 e. The van der Waals surface area contributed by atoms with Gasteiger partial charge in [-0.3, -0.25) is 0 Å². The summed E-state index contributed by atoms with van der Waals surface area (Å²) in [5.41, 5.74) is 0.899. The number of ether oxygens (including phenoxy) is 3. The first-order chi connectivity index (χ1) is 22.2. The molecule has 262 valence electrons. The van der Waals surface area contributed by atoms with E-state index in [0.29, 0.717) is 16.9 Å². The fourth-order valence-corrected chi connectivity index (χ4v) is 12.0. The number of carbonyl (C=O) groups is 3. The molecular weight excluding hydrogens is 588 g/mol. The molecule has 0 aromatic rings. The molecule has 0 aromatic carbocycles. The van der Waals surface area contributed by atoms with Gasteiger partial charge in [-0.25, -0.2) is 14.4 Å². The standard InChI is InChI=1S/C14H20O2.C13H20O2.C10H16.C4H6O2/c1-9(2)13(15)16-14-6-10-3-11(7-14)5-12(4-10)8-14;1-5-11(14)15-10-8-9-6-7-13(10,4)12(9,2)3;1-2-9-7-4-5-8(6-7)10(9)3-1;1-3-4(5)6-2/h10-12H,1,3-8H2,2H3;5,9-10H,1,6-8H2,2-4H3;7-10H,1-6H2;3H,1H2,2H3. The van der Waals surface area contributed by atoms with Gasteiger partial charge in [0.2, 0.25) is 0 Å². The summed E-state index contributed by atoms with van der Waals surface area (Å²) < 4.78 is 15.4. The third-order valence-corrected chi connectivity index (χ3v) is 14.5. The molecule has 0 amide bonds. The molecule has 6 nitrogen and oxygen atoms in total. The van der Waals surface area contributed by atoms with E-state index < -0.39 is 5.97 Å². The van der Waals surface area contributed by atoms with E-state index >= 15 is 0 Å². The molecule has 0 radical (unpaired) electrons. The highest BCUT2D eigenvalue weighted by Gasteiger charge is 2.62. The number of methoxy groups -OCH3 is 1. The Hall–Kier alpha value is -2.37. The van der Waals surface area contributed by atoms with Gasteiger partial charge in [-0.2, -0.15) is 0 Å². The van der Waals surface area contributed by atoms with Crippen molar-refractivity contribution >= 4 is 17.9 Å². The molecule has 0 spiro atoms.